The van der Waals surface area contributed by atoms with Gasteiger partial charge in [-0.1, -0.05) is 12.1 Å². The maximum absolute atomic E-state index is 12.8. The van der Waals surface area contributed by atoms with Gasteiger partial charge in [0.25, 0.3) is 0 Å². The summed E-state index contributed by atoms with van der Waals surface area (Å²) < 4.78 is 18.1. The Morgan fingerprint density at radius 3 is 2.81 bits per heavy atom. The summed E-state index contributed by atoms with van der Waals surface area (Å²) in [6.07, 6.45) is 2.44. The number of nitriles is 1. The zero-order chi connectivity index (χ0) is 15.2. The average molecular weight is 288 g/mol. The van der Waals surface area contributed by atoms with E-state index >= 15 is 0 Å². The molecule has 5 heteroatoms. The maximum atomic E-state index is 12.8. The molecule has 0 radical (unpaired) electrons. The summed E-state index contributed by atoms with van der Waals surface area (Å²) in [4.78, 5) is 12.1. The van der Waals surface area contributed by atoms with Crippen LogP contribution in [0.4, 0.5) is 4.39 Å². The standard InChI is InChI=1S/C16H17FN2O2/c1-11(8-12-2-4-14(17)5-3-12)16(20)19-15(9-18)13-6-7-21-10-13/h2-5,8,13,15H,6-7,10H2,1H3,(H,19,20)/b11-8-/t13-,15-/m0/s1. The lowest BCUT2D eigenvalue weighted by Crippen LogP contribution is -2.39. The van der Waals surface area contributed by atoms with E-state index in [2.05, 4.69) is 11.4 Å². The summed E-state index contributed by atoms with van der Waals surface area (Å²) in [6, 6.07) is 7.44. The number of nitrogens with one attached hydrogen (secondary N) is 1. The van der Waals surface area contributed by atoms with Gasteiger partial charge < -0.3 is 10.1 Å². The van der Waals surface area contributed by atoms with Crippen LogP contribution >= 0.6 is 0 Å². The van der Waals surface area contributed by atoms with E-state index in [1.54, 1.807) is 25.1 Å². The van der Waals surface area contributed by atoms with Gasteiger partial charge in [-0.25, -0.2) is 4.39 Å². The summed E-state index contributed by atoms with van der Waals surface area (Å²) in [5.41, 5.74) is 1.21. The number of rotatable bonds is 4. The summed E-state index contributed by atoms with van der Waals surface area (Å²) >= 11 is 0. The van der Waals surface area contributed by atoms with Crippen molar-refractivity contribution in [3.8, 4) is 6.07 Å². The highest BCUT2D eigenvalue weighted by molar-refractivity contribution is 5.97. The average Bonchev–Trinajstić information content (AvgIpc) is 3.01. The van der Waals surface area contributed by atoms with Crippen LogP contribution in [-0.2, 0) is 9.53 Å². The molecular weight excluding hydrogens is 271 g/mol. The first-order valence-corrected chi connectivity index (χ1v) is 6.82. The van der Waals surface area contributed by atoms with Crippen molar-refractivity contribution >= 4 is 12.0 Å². The van der Waals surface area contributed by atoms with Crippen LogP contribution in [0.3, 0.4) is 0 Å². The minimum absolute atomic E-state index is 0.0394. The van der Waals surface area contributed by atoms with Gasteiger partial charge in [-0.05, 0) is 37.1 Å². The van der Waals surface area contributed by atoms with Crippen molar-refractivity contribution in [2.75, 3.05) is 13.2 Å². The second-order valence-corrected chi connectivity index (χ2v) is 5.08. The lowest BCUT2D eigenvalue weighted by atomic mass is 10.00. The number of hydrogen-bond acceptors (Lipinski definition) is 3. The van der Waals surface area contributed by atoms with E-state index in [0.29, 0.717) is 18.8 Å². The van der Waals surface area contributed by atoms with Gasteiger partial charge in [0.05, 0.1) is 12.7 Å². The van der Waals surface area contributed by atoms with Gasteiger partial charge >= 0.3 is 0 Å². The lowest BCUT2D eigenvalue weighted by Gasteiger charge is -2.16. The zero-order valence-corrected chi connectivity index (χ0v) is 11.8. The molecule has 1 aliphatic rings. The molecule has 1 aromatic carbocycles. The van der Waals surface area contributed by atoms with Gasteiger partial charge in [0.15, 0.2) is 0 Å². The number of nitrogens with zero attached hydrogens (tertiary/aromatic N) is 1. The molecule has 1 amide bonds. The number of hydrogen-bond donors (Lipinski definition) is 1. The topological polar surface area (TPSA) is 62.1 Å². The molecule has 2 atom stereocenters. The first-order valence-electron chi connectivity index (χ1n) is 6.82. The van der Waals surface area contributed by atoms with Crippen molar-refractivity contribution in [3.05, 3.63) is 41.2 Å². The van der Waals surface area contributed by atoms with Crippen molar-refractivity contribution in [1.82, 2.24) is 5.32 Å². The largest absolute Gasteiger partial charge is 0.381 e. The van der Waals surface area contributed by atoms with E-state index in [9.17, 15) is 9.18 Å². The van der Waals surface area contributed by atoms with Crippen molar-refractivity contribution in [1.29, 1.82) is 5.26 Å². The monoisotopic (exact) mass is 288 g/mol. The minimum Gasteiger partial charge on any atom is -0.381 e. The first-order chi connectivity index (χ1) is 10.1. The molecule has 0 aliphatic carbocycles. The molecule has 1 aliphatic heterocycles. The number of halogens is 1. The minimum atomic E-state index is -0.545. The van der Waals surface area contributed by atoms with E-state index in [0.717, 1.165) is 12.0 Å². The van der Waals surface area contributed by atoms with E-state index in [4.69, 9.17) is 10.00 Å². The molecule has 1 aromatic rings. The number of amides is 1. The highest BCUT2D eigenvalue weighted by atomic mass is 19.1. The second-order valence-electron chi connectivity index (χ2n) is 5.08. The molecule has 1 heterocycles. The summed E-state index contributed by atoms with van der Waals surface area (Å²) in [5.74, 6) is -0.574. The maximum Gasteiger partial charge on any atom is 0.247 e. The number of carbonyl (C=O) groups excluding carboxylic acids is 1. The summed E-state index contributed by atoms with van der Waals surface area (Å²) in [7, 11) is 0. The normalized spacial score (nSPS) is 19.9. The molecule has 0 aromatic heterocycles. The molecule has 0 spiro atoms. The third-order valence-corrected chi connectivity index (χ3v) is 3.47. The first kappa shape index (κ1) is 15.2. The van der Waals surface area contributed by atoms with Gasteiger partial charge in [-0.15, -0.1) is 0 Å². The number of carbonyl (C=O) groups is 1. The van der Waals surface area contributed by atoms with Crippen LogP contribution in [0, 0.1) is 23.1 Å². The van der Waals surface area contributed by atoms with Crippen LogP contribution in [0.1, 0.15) is 18.9 Å². The van der Waals surface area contributed by atoms with E-state index in [1.165, 1.54) is 12.1 Å². The lowest BCUT2D eigenvalue weighted by molar-refractivity contribution is -0.118. The fourth-order valence-electron chi connectivity index (χ4n) is 2.20. The van der Waals surface area contributed by atoms with Crippen LogP contribution < -0.4 is 5.32 Å². The Kier molecular flexibility index (Phi) is 5.07. The van der Waals surface area contributed by atoms with Crippen molar-refractivity contribution in [2.24, 2.45) is 5.92 Å². The Hall–Kier alpha value is -2.19. The fraction of sp³-hybridized carbons (Fsp3) is 0.375. The molecule has 1 N–H and O–H groups in total. The fourth-order valence-corrected chi connectivity index (χ4v) is 2.20. The van der Waals surface area contributed by atoms with Crippen molar-refractivity contribution < 1.29 is 13.9 Å². The number of benzene rings is 1. The Bertz CT molecular complexity index is 569. The summed E-state index contributed by atoms with van der Waals surface area (Å²) in [6.45, 7) is 2.79. The number of ether oxygens (including phenoxy) is 1. The predicted octanol–water partition coefficient (Wildman–Crippen LogP) is 2.27. The molecule has 0 unspecified atom stereocenters. The second kappa shape index (κ2) is 7.00. The van der Waals surface area contributed by atoms with Crippen LogP contribution in [0.2, 0.25) is 0 Å². The van der Waals surface area contributed by atoms with Crippen LogP contribution in [0.5, 0.6) is 0 Å². The molecule has 0 saturated carbocycles. The van der Waals surface area contributed by atoms with Crippen molar-refractivity contribution in [3.63, 3.8) is 0 Å². The SMILES string of the molecule is C/C(=C/c1ccc(F)cc1)C(=O)N[C@@H](C#N)[C@H]1CCOC1. The van der Waals surface area contributed by atoms with Gasteiger partial charge in [-0.3, -0.25) is 4.79 Å². The van der Waals surface area contributed by atoms with Crippen LogP contribution in [-0.4, -0.2) is 25.2 Å². The van der Waals surface area contributed by atoms with E-state index in [1.807, 2.05) is 0 Å². The zero-order valence-electron chi connectivity index (χ0n) is 11.8. The van der Waals surface area contributed by atoms with Gasteiger partial charge in [0.2, 0.25) is 5.91 Å². The quantitative estimate of drug-likeness (QED) is 0.865. The Morgan fingerprint density at radius 2 is 2.24 bits per heavy atom. The van der Waals surface area contributed by atoms with Crippen LogP contribution in [0.25, 0.3) is 6.08 Å². The summed E-state index contributed by atoms with van der Waals surface area (Å²) in [5, 5.41) is 11.9. The predicted molar refractivity (Wildman–Crippen MR) is 76.5 cm³/mol. The smallest absolute Gasteiger partial charge is 0.247 e. The third-order valence-electron chi connectivity index (χ3n) is 3.47. The Morgan fingerprint density at radius 1 is 1.52 bits per heavy atom. The molecule has 21 heavy (non-hydrogen) atoms. The van der Waals surface area contributed by atoms with Crippen LogP contribution in [0.15, 0.2) is 29.8 Å². The van der Waals surface area contributed by atoms with E-state index < -0.39 is 6.04 Å². The third kappa shape index (κ3) is 4.14. The molecule has 1 saturated heterocycles. The van der Waals surface area contributed by atoms with Gasteiger partial charge in [-0.2, -0.15) is 5.26 Å². The van der Waals surface area contributed by atoms with Crippen molar-refractivity contribution in [2.45, 2.75) is 19.4 Å². The highest BCUT2D eigenvalue weighted by Gasteiger charge is 2.27. The molecule has 110 valence electrons. The Labute approximate surface area is 123 Å². The molecule has 1 fully saturated rings. The molecule has 0 bridgehead atoms. The molecule has 4 nitrogen and oxygen atoms in total. The van der Waals surface area contributed by atoms with Gasteiger partial charge in [0.1, 0.15) is 11.9 Å². The Balaban J connectivity index is 2.01. The van der Waals surface area contributed by atoms with E-state index in [-0.39, 0.29) is 17.6 Å². The molecule has 2 rings (SSSR count). The van der Waals surface area contributed by atoms with Gasteiger partial charge in [0, 0.05) is 18.1 Å². The molecular formula is C16H17FN2O2. The highest BCUT2D eigenvalue weighted by Crippen LogP contribution is 2.17.